The molecule has 0 aliphatic heterocycles. The van der Waals surface area contributed by atoms with Gasteiger partial charge in [-0.15, -0.1) is 0 Å². The van der Waals surface area contributed by atoms with Crippen LogP contribution in [0.4, 0.5) is 0 Å². The second kappa shape index (κ2) is 8.54. The monoisotopic (exact) mass is 331 g/mol. The summed E-state index contributed by atoms with van der Waals surface area (Å²) in [6.45, 7) is 3.39. The highest BCUT2D eigenvalue weighted by atomic mass is 79.9. The number of carbonyl (C=O) groups is 1. The number of rotatable bonds is 7. The van der Waals surface area contributed by atoms with Crippen LogP contribution in [0.25, 0.3) is 0 Å². The van der Waals surface area contributed by atoms with Crippen LogP contribution in [0.15, 0.2) is 24.3 Å². The first kappa shape index (κ1) is 15.5. The van der Waals surface area contributed by atoms with Crippen LogP contribution in [0, 0.1) is 0 Å². The Hall–Kier alpha value is -0.540. The second-order valence-corrected chi connectivity index (χ2v) is 5.41. The lowest BCUT2D eigenvalue weighted by Crippen LogP contribution is -2.30. The molecular formula is C14H19BrClNO. The Morgan fingerprint density at radius 2 is 2.17 bits per heavy atom. The minimum absolute atomic E-state index is 0.221. The topological polar surface area (TPSA) is 20.3 Å². The summed E-state index contributed by atoms with van der Waals surface area (Å²) >= 11 is 9.32. The van der Waals surface area contributed by atoms with E-state index in [0.717, 1.165) is 35.3 Å². The summed E-state index contributed by atoms with van der Waals surface area (Å²) < 4.78 is 0. The third-order valence-corrected chi connectivity index (χ3v) is 3.57. The SMILES string of the molecule is CCN(Cc1cccc(Cl)c1)C(=O)CCCCBr. The number of amides is 1. The molecule has 0 unspecified atom stereocenters. The Kier molecular flexibility index (Phi) is 7.36. The van der Waals surface area contributed by atoms with Gasteiger partial charge < -0.3 is 4.90 Å². The van der Waals surface area contributed by atoms with Crippen molar-refractivity contribution in [3.8, 4) is 0 Å². The molecule has 0 aromatic heterocycles. The number of halogens is 2. The largest absolute Gasteiger partial charge is 0.339 e. The lowest BCUT2D eigenvalue weighted by atomic mass is 10.2. The Morgan fingerprint density at radius 1 is 1.39 bits per heavy atom. The molecule has 2 nitrogen and oxygen atoms in total. The molecule has 0 aliphatic carbocycles. The Morgan fingerprint density at radius 3 is 2.78 bits per heavy atom. The number of benzene rings is 1. The van der Waals surface area contributed by atoms with Crippen LogP contribution in [0.3, 0.4) is 0 Å². The summed E-state index contributed by atoms with van der Waals surface area (Å²) in [6.07, 6.45) is 2.61. The molecule has 0 atom stereocenters. The van der Waals surface area contributed by atoms with E-state index in [4.69, 9.17) is 11.6 Å². The van der Waals surface area contributed by atoms with Crippen molar-refractivity contribution in [2.75, 3.05) is 11.9 Å². The van der Waals surface area contributed by atoms with E-state index in [-0.39, 0.29) is 5.91 Å². The summed E-state index contributed by atoms with van der Waals surface area (Å²) in [7, 11) is 0. The van der Waals surface area contributed by atoms with E-state index in [1.54, 1.807) is 0 Å². The van der Waals surface area contributed by atoms with Gasteiger partial charge in [0.2, 0.25) is 5.91 Å². The van der Waals surface area contributed by atoms with Gasteiger partial charge in [-0.3, -0.25) is 4.79 Å². The number of alkyl halides is 1. The maximum absolute atomic E-state index is 12.0. The second-order valence-electron chi connectivity index (χ2n) is 4.18. The molecule has 18 heavy (non-hydrogen) atoms. The Bertz CT molecular complexity index is 384. The normalized spacial score (nSPS) is 10.4. The minimum Gasteiger partial charge on any atom is -0.339 e. The highest BCUT2D eigenvalue weighted by molar-refractivity contribution is 9.09. The smallest absolute Gasteiger partial charge is 0.222 e. The molecule has 0 bridgehead atoms. The third kappa shape index (κ3) is 5.40. The zero-order valence-electron chi connectivity index (χ0n) is 10.7. The first-order valence-corrected chi connectivity index (χ1v) is 7.75. The summed E-state index contributed by atoms with van der Waals surface area (Å²) in [4.78, 5) is 13.9. The third-order valence-electron chi connectivity index (χ3n) is 2.77. The molecule has 0 spiro atoms. The number of hydrogen-bond acceptors (Lipinski definition) is 1. The van der Waals surface area contributed by atoms with Gasteiger partial charge >= 0.3 is 0 Å². The van der Waals surface area contributed by atoms with Gasteiger partial charge in [-0.2, -0.15) is 0 Å². The molecule has 0 heterocycles. The molecule has 1 amide bonds. The van der Waals surface area contributed by atoms with E-state index in [0.29, 0.717) is 13.0 Å². The summed E-state index contributed by atoms with van der Waals surface area (Å²) in [5, 5.41) is 1.68. The zero-order valence-corrected chi connectivity index (χ0v) is 13.0. The van der Waals surface area contributed by atoms with Crippen molar-refractivity contribution < 1.29 is 4.79 Å². The molecule has 1 aromatic rings. The van der Waals surface area contributed by atoms with Crippen molar-refractivity contribution in [1.29, 1.82) is 0 Å². The number of nitrogens with zero attached hydrogens (tertiary/aromatic N) is 1. The number of hydrogen-bond donors (Lipinski definition) is 0. The van der Waals surface area contributed by atoms with E-state index in [2.05, 4.69) is 15.9 Å². The lowest BCUT2D eigenvalue weighted by molar-refractivity contribution is -0.131. The number of carbonyl (C=O) groups excluding carboxylic acids is 1. The number of unbranched alkanes of at least 4 members (excludes halogenated alkanes) is 1. The quantitative estimate of drug-likeness (QED) is 0.540. The van der Waals surface area contributed by atoms with E-state index in [1.165, 1.54) is 0 Å². The molecule has 0 radical (unpaired) electrons. The molecule has 0 saturated carbocycles. The van der Waals surface area contributed by atoms with Crippen LogP contribution in [-0.2, 0) is 11.3 Å². The summed E-state index contributed by atoms with van der Waals surface area (Å²) in [6, 6.07) is 7.68. The molecule has 100 valence electrons. The van der Waals surface area contributed by atoms with Gasteiger partial charge in [0.25, 0.3) is 0 Å². The molecule has 0 aliphatic rings. The Labute approximate surface area is 122 Å². The first-order valence-electron chi connectivity index (χ1n) is 6.25. The van der Waals surface area contributed by atoms with Crippen LogP contribution in [-0.4, -0.2) is 22.7 Å². The van der Waals surface area contributed by atoms with Crippen molar-refractivity contribution in [2.45, 2.75) is 32.7 Å². The summed E-state index contributed by atoms with van der Waals surface area (Å²) in [5.41, 5.74) is 1.08. The molecule has 1 aromatic carbocycles. The van der Waals surface area contributed by atoms with E-state index < -0.39 is 0 Å². The van der Waals surface area contributed by atoms with Gasteiger partial charge in [0.15, 0.2) is 0 Å². The highest BCUT2D eigenvalue weighted by Gasteiger charge is 2.11. The standard InChI is InChI=1S/C14H19BrClNO/c1-2-17(14(18)8-3-4-9-15)11-12-6-5-7-13(16)10-12/h5-7,10H,2-4,8-9,11H2,1H3. The van der Waals surface area contributed by atoms with Crippen LogP contribution in [0.1, 0.15) is 31.7 Å². The van der Waals surface area contributed by atoms with Crippen molar-refractivity contribution in [3.63, 3.8) is 0 Å². The Balaban J connectivity index is 2.53. The van der Waals surface area contributed by atoms with E-state index in [1.807, 2.05) is 36.1 Å². The van der Waals surface area contributed by atoms with Crippen molar-refractivity contribution >= 4 is 33.4 Å². The summed E-state index contributed by atoms with van der Waals surface area (Å²) in [5.74, 6) is 0.221. The van der Waals surface area contributed by atoms with Crippen LogP contribution in [0.2, 0.25) is 5.02 Å². The maximum atomic E-state index is 12.0. The highest BCUT2D eigenvalue weighted by Crippen LogP contribution is 2.13. The fourth-order valence-electron chi connectivity index (χ4n) is 1.76. The lowest BCUT2D eigenvalue weighted by Gasteiger charge is -2.21. The van der Waals surface area contributed by atoms with Gasteiger partial charge in [0.1, 0.15) is 0 Å². The zero-order chi connectivity index (χ0) is 13.4. The molecule has 0 N–H and O–H groups in total. The van der Waals surface area contributed by atoms with Gasteiger partial charge in [0.05, 0.1) is 0 Å². The molecule has 1 rings (SSSR count). The van der Waals surface area contributed by atoms with Gasteiger partial charge in [-0.25, -0.2) is 0 Å². The first-order chi connectivity index (χ1) is 8.67. The minimum atomic E-state index is 0.221. The van der Waals surface area contributed by atoms with Gasteiger partial charge in [0, 0.05) is 29.9 Å². The van der Waals surface area contributed by atoms with Crippen molar-refractivity contribution in [1.82, 2.24) is 4.90 Å². The average molecular weight is 333 g/mol. The fraction of sp³-hybridized carbons (Fsp3) is 0.500. The van der Waals surface area contributed by atoms with E-state index in [9.17, 15) is 4.79 Å². The maximum Gasteiger partial charge on any atom is 0.222 e. The van der Waals surface area contributed by atoms with Gasteiger partial charge in [-0.05, 0) is 37.5 Å². The van der Waals surface area contributed by atoms with Crippen molar-refractivity contribution in [3.05, 3.63) is 34.9 Å². The van der Waals surface area contributed by atoms with Crippen LogP contribution in [0.5, 0.6) is 0 Å². The predicted molar refractivity (Wildman–Crippen MR) is 80.2 cm³/mol. The molecule has 0 saturated heterocycles. The van der Waals surface area contributed by atoms with Crippen molar-refractivity contribution in [2.24, 2.45) is 0 Å². The predicted octanol–water partition coefficient (Wildman–Crippen LogP) is 4.25. The van der Waals surface area contributed by atoms with Crippen LogP contribution >= 0.6 is 27.5 Å². The molecule has 0 fully saturated rings. The average Bonchev–Trinajstić information content (AvgIpc) is 2.36. The molecular weight excluding hydrogens is 314 g/mol. The fourth-order valence-corrected chi connectivity index (χ4v) is 2.37. The van der Waals surface area contributed by atoms with Gasteiger partial charge in [-0.1, -0.05) is 39.7 Å². The van der Waals surface area contributed by atoms with Crippen LogP contribution < -0.4 is 0 Å². The molecule has 4 heteroatoms. The van der Waals surface area contributed by atoms with E-state index >= 15 is 0 Å².